The highest BCUT2D eigenvalue weighted by Crippen LogP contribution is 2.37. The van der Waals surface area contributed by atoms with Gasteiger partial charge in [0.25, 0.3) is 0 Å². The summed E-state index contributed by atoms with van der Waals surface area (Å²) in [6.07, 6.45) is 13.2. The molecule has 4 aliphatic rings. The molecule has 0 amide bonds. The highest BCUT2D eigenvalue weighted by molar-refractivity contribution is 4.87. The zero-order valence-corrected chi connectivity index (χ0v) is 20.2. The molecule has 0 aromatic rings. The van der Waals surface area contributed by atoms with Gasteiger partial charge >= 0.3 is 0 Å². The first kappa shape index (κ1) is 23.0. The van der Waals surface area contributed by atoms with Crippen LogP contribution in [0.15, 0.2) is 0 Å². The van der Waals surface area contributed by atoms with Crippen LogP contribution in [0.2, 0.25) is 0 Å². The highest BCUT2D eigenvalue weighted by Gasteiger charge is 2.34. The zero-order chi connectivity index (χ0) is 20.9. The molecule has 0 N–H and O–H groups in total. The molecule has 4 rings (SSSR count). The van der Waals surface area contributed by atoms with Crippen molar-refractivity contribution in [3.05, 3.63) is 0 Å². The Kier molecular flexibility index (Phi) is 8.53. The Morgan fingerprint density at radius 3 is 1.70 bits per heavy atom. The first-order chi connectivity index (χ1) is 14.6. The molecule has 4 heteroatoms. The monoisotopic (exact) mass is 419 g/mol. The molecular formula is C26H49N3O. The van der Waals surface area contributed by atoms with Gasteiger partial charge in [0, 0.05) is 39.3 Å². The summed E-state index contributed by atoms with van der Waals surface area (Å²) in [5.74, 6) is 3.88. The van der Waals surface area contributed by atoms with Crippen LogP contribution < -0.4 is 0 Å². The van der Waals surface area contributed by atoms with Crippen LogP contribution >= 0.6 is 0 Å². The predicted molar refractivity (Wildman–Crippen MR) is 126 cm³/mol. The first-order valence-electron chi connectivity index (χ1n) is 13.4. The van der Waals surface area contributed by atoms with E-state index in [-0.39, 0.29) is 0 Å². The van der Waals surface area contributed by atoms with Crippen LogP contribution in [0.25, 0.3) is 0 Å². The van der Waals surface area contributed by atoms with Gasteiger partial charge in [0.05, 0.1) is 12.2 Å². The molecule has 174 valence electrons. The summed E-state index contributed by atoms with van der Waals surface area (Å²) in [4.78, 5) is 7.96. The standard InChI is InChI=1S/C26H49N3O/c1-4-21(2)24-5-13-28(14-6-24)19-22-17-23(18-22)20-29-15-9-26(10-16-29)30-25-7-11-27(3)12-8-25/h21-26H,4-20H2,1-3H3. The molecule has 0 bridgehead atoms. The van der Waals surface area contributed by atoms with E-state index in [1.807, 2.05) is 0 Å². The van der Waals surface area contributed by atoms with Gasteiger partial charge in [-0.3, -0.25) is 0 Å². The minimum atomic E-state index is 0.528. The second kappa shape index (κ2) is 11.1. The summed E-state index contributed by atoms with van der Waals surface area (Å²) in [6.45, 7) is 15.2. The van der Waals surface area contributed by atoms with E-state index in [4.69, 9.17) is 4.74 Å². The van der Waals surface area contributed by atoms with Crippen LogP contribution in [-0.2, 0) is 4.74 Å². The van der Waals surface area contributed by atoms with E-state index in [1.54, 1.807) is 0 Å². The first-order valence-corrected chi connectivity index (χ1v) is 13.4. The molecule has 1 atom stereocenters. The number of piperidine rings is 3. The molecule has 1 unspecified atom stereocenters. The summed E-state index contributed by atoms with van der Waals surface area (Å²) < 4.78 is 6.45. The summed E-state index contributed by atoms with van der Waals surface area (Å²) >= 11 is 0. The maximum Gasteiger partial charge on any atom is 0.0603 e. The van der Waals surface area contributed by atoms with Crippen LogP contribution in [0, 0.1) is 23.7 Å². The molecule has 0 aromatic heterocycles. The largest absolute Gasteiger partial charge is 0.375 e. The van der Waals surface area contributed by atoms with Gasteiger partial charge in [0.2, 0.25) is 0 Å². The van der Waals surface area contributed by atoms with E-state index in [2.05, 4.69) is 35.6 Å². The molecule has 1 saturated carbocycles. The minimum absolute atomic E-state index is 0.528. The molecule has 4 fully saturated rings. The van der Waals surface area contributed by atoms with Crippen molar-refractivity contribution in [2.75, 3.05) is 59.4 Å². The fourth-order valence-electron chi connectivity index (χ4n) is 6.56. The van der Waals surface area contributed by atoms with Crippen molar-refractivity contribution in [2.45, 2.75) is 83.8 Å². The highest BCUT2D eigenvalue weighted by atomic mass is 16.5. The van der Waals surface area contributed by atoms with E-state index >= 15 is 0 Å². The minimum Gasteiger partial charge on any atom is -0.375 e. The average molecular weight is 420 g/mol. The second-order valence-electron chi connectivity index (χ2n) is 11.4. The number of hydrogen-bond donors (Lipinski definition) is 0. The average Bonchev–Trinajstić information content (AvgIpc) is 2.75. The number of likely N-dealkylation sites (tertiary alicyclic amines) is 3. The molecule has 3 heterocycles. The molecule has 0 spiro atoms. The normalized spacial score (nSPS) is 32.9. The van der Waals surface area contributed by atoms with Crippen LogP contribution in [0.3, 0.4) is 0 Å². The molecular weight excluding hydrogens is 370 g/mol. The van der Waals surface area contributed by atoms with Crippen molar-refractivity contribution in [1.29, 1.82) is 0 Å². The van der Waals surface area contributed by atoms with Crippen molar-refractivity contribution in [3.63, 3.8) is 0 Å². The fourth-order valence-corrected chi connectivity index (χ4v) is 6.56. The summed E-state index contributed by atoms with van der Waals surface area (Å²) in [5.41, 5.74) is 0. The molecule has 3 saturated heterocycles. The van der Waals surface area contributed by atoms with Gasteiger partial charge in [-0.15, -0.1) is 0 Å². The molecule has 30 heavy (non-hydrogen) atoms. The third kappa shape index (κ3) is 6.43. The lowest BCUT2D eigenvalue weighted by atomic mass is 9.73. The third-order valence-corrected chi connectivity index (χ3v) is 9.03. The lowest BCUT2D eigenvalue weighted by molar-refractivity contribution is -0.0658. The smallest absolute Gasteiger partial charge is 0.0603 e. The van der Waals surface area contributed by atoms with Crippen LogP contribution in [0.4, 0.5) is 0 Å². The fraction of sp³-hybridized carbons (Fsp3) is 1.00. The van der Waals surface area contributed by atoms with Crippen molar-refractivity contribution in [1.82, 2.24) is 14.7 Å². The summed E-state index contributed by atoms with van der Waals surface area (Å²) in [7, 11) is 2.23. The molecule has 0 aromatic carbocycles. The number of nitrogens with zero attached hydrogens (tertiary/aromatic N) is 3. The zero-order valence-electron chi connectivity index (χ0n) is 20.2. The Balaban J connectivity index is 1.05. The molecule has 1 aliphatic carbocycles. The lowest BCUT2D eigenvalue weighted by Crippen LogP contribution is -2.46. The van der Waals surface area contributed by atoms with E-state index in [9.17, 15) is 0 Å². The van der Waals surface area contributed by atoms with Gasteiger partial charge in [0.15, 0.2) is 0 Å². The van der Waals surface area contributed by atoms with E-state index in [0.717, 1.165) is 23.7 Å². The maximum atomic E-state index is 6.45. The van der Waals surface area contributed by atoms with E-state index in [0.29, 0.717) is 12.2 Å². The van der Waals surface area contributed by atoms with Gasteiger partial charge in [-0.1, -0.05) is 20.3 Å². The quantitative estimate of drug-likeness (QED) is 0.582. The van der Waals surface area contributed by atoms with Gasteiger partial charge in [-0.25, -0.2) is 0 Å². The summed E-state index contributed by atoms with van der Waals surface area (Å²) in [5, 5.41) is 0. The topological polar surface area (TPSA) is 19.0 Å². The number of ether oxygens (including phenoxy) is 1. The Hall–Kier alpha value is -0.160. The van der Waals surface area contributed by atoms with Gasteiger partial charge in [0.1, 0.15) is 0 Å². The van der Waals surface area contributed by atoms with Crippen LogP contribution in [-0.4, -0.2) is 86.3 Å². The van der Waals surface area contributed by atoms with Crippen LogP contribution in [0.1, 0.15) is 71.6 Å². The number of rotatable bonds is 8. The predicted octanol–water partition coefficient (Wildman–Crippen LogP) is 4.35. The maximum absolute atomic E-state index is 6.45. The van der Waals surface area contributed by atoms with Crippen molar-refractivity contribution in [3.8, 4) is 0 Å². The Bertz CT molecular complexity index is 485. The SMILES string of the molecule is CCC(C)C1CCN(CC2CC(CN3CCC(OC4CCN(C)CC4)CC3)C2)CC1. The van der Waals surface area contributed by atoms with Gasteiger partial charge in [-0.2, -0.15) is 0 Å². The van der Waals surface area contributed by atoms with Gasteiger partial charge in [-0.05, 0) is 95.2 Å². The number of hydrogen-bond acceptors (Lipinski definition) is 4. The van der Waals surface area contributed by atoms with E-state index < -0.39 is 0 Å². The van der Waals surface area contributed by atoms with Crippen molar-refractivity contribution in [2.24, 2.45) is 23.7 Å². The van der Waals surface area contributed by atoms with Crippen molar-refractivity contribution >= 4 is 0 Å². The summed E-state index contributed by atoms with van der Waals surface area (Å²) in [6, 6.07) is 0. The second-order valence-corrected chi connectivity index (χ2v) is 11.4. The third-order valence-electron chi connectivity index (χ3n) is 9.03. The molecule has 4 nitrogen and oxygen atoms in total. The lowest BCUT2D eigenvalue weighted by Gasteiger charge is -2.44. The van der Waals surface area contributed by atoms with Crippen LogP contribution in [0.5, 0.6) is 0 Å². The Morgan fingerprint density at radius 1 is 0.733 bits per heavy atom. The van der Waals surface area contributed by atoms with Crippen molar-refractivity contribution < 1.29 is 4.74 Å². The molecule has 3 aliphatic heterocycles. The van der Waals surface area contributed by atoms with E-state index in [1.165, 1.54) is 110 Å². The Labute approximate surface area is 186 Å². The van der Waals surface area contributed by atoms with Gasteiger partial charge < -0.3 is 19.4 Å². The Morgan fingerprint density at radius 2 is 1.20 bits per heavy atom. The molecule has 0 radical (unpaired) electrons.